The first-order valence-electron chi connectivity index (χ1n) is 7.84. The summed E-state index contributed by atoms with van der Waals surface area (Å²) in [5, 5.41) is 4.30. The molecule has 0 bridgehead atoms. The maximum Gasteiger partial charge on any atom is 0.0513 e. The molecule has 0 saturated carbocycles. The van der Waals surface area contributed by atoms with Crippen LogP contribution in [0.4, 0.5) is 5.69 Å². The molecule has 22 heavy (non-hydrogen) atoms. The lowest BCUT2D eigenvalue weighted by Crippen LogP contribution is -2.43. The maximum atomic E-state index is 6.24. The molecule has 114 valence electrons. The van der Waals surface area contributed by atoms with Crippen molar-refractivity contribution >= 4 is 29.1 Å². The average Bonchev–Trinajstić information content (AvgIpc) is 2.72. The molecule has 1 N–H and O–H groups in total. The monoisotopic (exact) mass is 330 g/mol. The van der Waals surface area contributed by atoms with Gasteiger partial charge in [0.25, 0.3) is 0 Å². The van der Waals surface area contributed by atoms with Crippen LogP contribution in [-0.4, -0.2) is 19.1 Å². The first kappa shape index (κ1) is 14.4. The number of nitrogens with zero attached hydrogens (tertiary/aromatic N) is 1. The molecule has 2 aliphatic heterocycles. The number of rotatable bonds is 1. The maximum absolute atomic E-state index is 6.24. The SMILES string of the molecule is Clc1ccc2c(c1)CN(C1CCNCC1)c1ccccc1S2. The second-order valence-electron chi connectivity index (χ2n) is 5.93. The van der Waals surface area contributed by atoms with Crippen LogP contribution in [0.15, 0.2) is 52.3 Å². The van der Waals surface area contributed by atoms with Gasteiger partial charge in [0.1, 0.15) is 0 Å². The van der Waals surface area contributed by atoms with Crippen molar-refractivity contribution < 1.29 is 0 Å². The molecule has 4 heteroatoms. The highest BCUT2D eigenvalue weighted by molar-refractivity contribution is 7.99. The van der Waals surface area contributed by atoms with E-state index < -0.39 is 0 Å². The van der Waals surface area contributed by atoms with Crippen LogP contribution in [0.25, 0.3) is 0 Å². The van der Waals surface area contributed by atoms with Gasteiger partial charge in [-0.15, -0.1) is 0 Å². The molecule has 0 aromatic heterocycles. The summed E-state index contributed by atoms with van der Waals surface area (Å²) in [6.45, 7) is 3.17. The van der Waals surface area contributed by atoms with Crippen molar-refractivity contribution in [2.75, 3.05) is 18.0 Å². The Kier molecular flexibility index (Phi) is 4.03. The van der Waals surface area contributed by atoms with Gasteiger partial charge in [0.15, 0.2) is 0 Å². The number of hydrogen-bond acceptors (Lipinski definition) is 3. The molecule has 0 aliphatic carbocycles. The summed E-state index contributed by atoms with van der Waals surface area (Å²) >= 11 is 8.10. The lowest BCUT2D eigenvalue weighted by Gasteiger charge is -2.36. The Morgan fingerprint density at radius 1 is 1.05 bits per heavy atom. The first-order chi connectivity index (χ1) is 10.8. The standard InChI is InChI=1S/C18H19ClN2S/c19-14-5-6-17-13(11-14)12-21(15-7-9-20-10-8-15)16-3-1-2-4-18(16)22-17/h1-6,11,15,20H,7-10,12H2. The van der Waals surface area contributed by atoms with Crippen molar-refractivity contribution in [1.29, 1.82) is 0 Å². The van der Waals surface area contributed by atoms with Crippen LogP contribution in [0.5, 0.6) is 0 Å². The van der Waals surface area contributed by atoms with Crippen molar-refractivity contribution in [2.45, 2.75) is 35.2 Å². The zero-order valence-corrected chi connectivity index (χ0v) is 14.0. The Morgan fingerprint density at radius 3 is 2.73 bits per heavy atom. The highest BCUT2D eigenvalue weighted by Crippen LogP contribution is 2.43. The van der Waals surface area contributed by atoms with E-state index in [1.807, 2.05) is 17.8 Å². The topological polar surface area (TPSA) is 15.3 Å². The van der Waals surface area contributed by atoms with E-state index in [4.69, 9.17) is 11.6 Å². The molecule has 2 aromatic carbocycles. The van der Waals surface area contributed by atoms with Gasteiger partial charge in [0, 0.05) is 27.4 Å². The third kappa shape index (κ3) is 2.73. The number of hydrogen-bond donors (Lipinski definition) is 1. The Hall–Kier alpha value is -1.16. The summed E-state index contributed by atoms with van der Waals surface area (Å²) in [5.41, 5.74) is 2.71. The van der Waals surface area contributed by atoms with Gasteiger partial charge in [0.05, 0.1) is 5.69 Å². The molecular weight excluding hydrogens is 312 g/mol. The Morgan fingerprint density at radius 2 is 1.86 bits per heavy atom. The smallest absolute Gasteiger partial charge is 0.0513 e. The van der Waals surface area contributed by atoms with Gasteiger partial charge < -0.3 is 10.2 Å². The van der Waals surface area contributed by atoms with Gasteiger partial charge >= 0.3 is 0 Å². The number of fused-ring (bicyclic) bond motifs is 2. The van der Waals surface area contributed by atoms with Crippen molar-refractivity contribution in [3.05, 3.63) is 53.1 Å². The quantitative estimate of drug-likeness (QED) is 0.825. The van der Waals surface area contributed by atoms with Crippen molar-refractivity contribution in [3.63, 3.8) is 0 Å². The highest BCUT2D eigenvalue weighted by Gasteiger charge is 2.26. The molecule has 1 fully saturated rings. The molecule has 1 saturated heterocycles. The number of piperidine rings is 1. The van der Waals surface area contributed by atoms with E-state index in [2.05, 4.69) is 46.6 Å². The zero-order valence-electron chi connectivity index (χ0n) is 12.4. The third-order valence-electron chi connectivity index (χ3n) is 4.51. The van der Waals surface area contributed by atoms with E-state index in [9.17, 15) is 0 Å². The molecular formula is C18H19ClN2S. The summed E-state index contributed by atoms with van der Waals surface area (Å²) in [4.78, 5) is 5.26. The van der Waals surface area contributed by atoms with Gasteiger partial charge in [0.2, 0.25) is 0 Å². The molecule has 2 nitrogen and oxygen atoms in total. The van der Waals surface area contributed by atoms with Crippen LogP contribution in [0, 0.1) is 0 Å². The predicted molar refractivity (Wildman–Crippen MR) is 94.1 cm³/mol. The highest BCUT2D eigenvalue weighted by atomic mass is 35.5. The molecule has 2 aromatic rings. The fraction of sp³-hybridized carbons (Fsp3) is 0.333. The fourth-order valence-corrected chi connectivity index (χ4v) is 4.64. The van der Waals surface area contributed by atoms with Crippen molar-refractivity contribution in [3.8, 4) is 0 Å². The number of para-hydroxylation sites is 1. The largest absolute Gasteiger partial charge is 0.363 e. The normalized spacial score (nSPS) is 18.5. The summed E-state index contributed by atoms with van der Waals surface area (Å²) in [6, 6.07) is 15.7. The van der Waals surface area contributed by atoms with Gasteiger partial charge in [-0.25, -0.2) is 0 Å². The summed E-state index contributed by atoms with van der Waals surface area (Å²) in [6.07, 6.45) is 2.41. The Labute approximate surface area is 140 Å². The fourth-order valence-electron chi connectivity index (χ4n) is 3.38. The second-order valence-corrected chi connectivity index (χ2v) is 7.45. The van der Waals surface area contributed by atoms with Crippen LogP contribution in [0.3, 0.4) is 0 Å². The number of nitrogens with one attached hydrogen (secondary N) is 1. The molecule has 2 aliphatic rings. The van der Waals surface area contributed by atoms with E-state index in [-0.39, 0.29) is 0 Å². The van der Waals surface area contributed by atoms with Crippen LogP contribution >= 0.6 is 23.4 Å². The van der Waals surface area contributed by atoms with E-state index in [0.717, 1.165) is 24.7 Å². The van der Waals surface area contributed by atoms with E-state index in [1.54, 1.807) is 0 Å². The minimum Gasteiger partial charge on any atom is -0.363 e. The molecule has 0 spiro atoms. The Bertz CT molecular complexity index is 683. The molecule has 0 unspecified atom stereocenters. The van der Waals surface area contributed by atoms with Gasteiger partial charge in [-0.2, -0.15) is 0 Å². The minimum atomic E-state index is 0.605. The van der Waals surface area contributed by atoms with Gasteiger partial charge in [-0.1, -0.05) is 35.5 Å². The predicted octanol–water partition coefficient (Wildman–Crippen LogP) is 4.56. The van der Waals surface area contributed by atoms with Crippen LogP contribution in [-0.2, 0) is 6.54 Å². The van der Waals surface area contributed by atoms with Crippen molar-refractivity contribution in [2.24, 2.45) is 0 Å². The second kappa shape index (κ2) is 6.15. The average molecular weight is 331 g/mol. The molecule has 0 atom stereocenters. The molecule has 2 heterocycles. The lowest BCUT2D eigenvalue weighted by molar-refractivity contribution is 0.427. The number of halogens is 1. The first-order valence-corrected chi connectivity index (χ1v) is 9.03. The van der Waals surface area contributed by atoms with Gasteiger partial charge in [-0.05, 0) is 61.8 Å². The third-order valence-corrected chi connectivity index (χ3v) is 5.93. The number of anilines is 1. The van der Waals surface area contributed by atoms with E-state index in [1.165, 1.54) is 33.9 Å². The molecule has 4 rings (SSSR count). The molecule has 0 radical (unpaired) electrons. The van der Waals surface area contributed by atoms with Crippen LogP contribution in [0.2, 0.25) is 5.02 Å². The molecule has 0 amide bonds. The van der Waals surface area contributed by atoms with Gasteiger partial charge in [-0.3, -0.25) is 0 Å². The Balaban J connectivity index is 1.78. The summed E-state index contributed by atoms with van der Waals surface area (Å²) in [5.74, 6) is 0. The summed E-state index contributed by atoms with van der Waals surface area (Å²) in [7, 11) is 0. The minimum absolute atomic E-state index is 0.605. The van der Waals surface area contributed by atoms with Crippen LogP contribution < -0.4 is 10.2 Å². The van der Waals surface area contributed by atoms with Crippen molar-refractivity contribution in [1.82, 2.24) is 5.32 Å². The van der Waals surface area contributed by atoms with E-state index in [0.29, 0.717) is 6.04 Å². The zero-order chi connectivity index (χ0) is 14.9. The van der Waals surface area contributed by atoms with E-state index >= 15 is 0 Å². The summed E-state index contributed by atoms with van der Waals surface area (Å²) < 4.78 is 0. The number of benzene rings is 2. The van der Waals surface area contributed by atoms with Crippen LogP contribution in [0.1, 0.15) is 18.4 Å². The lowest BCUT2D eigenvalue weighted by atomic mass is 10.0.